The molecule has 0 saturated heterocycles. The van der Waals surface area contributed by atoms with Gasteiger partial charge in [-0.15, -0.1) is 0 Å². The number of hydrogen-bond acceptors (Lipinski definition) is 2. The number of aromatic carboxylic acids is 1. The van der Waals surface area contributed by atoms with Gasteiger partial charge in [-0.05, 0) is 41.5 Å². The van der Waals surface area contributed by atoms with Crippen molar-refractivity contribution in [3.8, 4) is 22.6 Å². The molecule has 0 bridgehead atoms. The molecule has 0 fully saturated rings. The van der Waals surface area contributed by atoms with Crippen molar-refractivity contribution >= 4 is 5.97 Å². The Balaban J connectivity index is 2.03. The molecule has 3 aromatic rings. The van der Waals surface area contributed by atoms with Gasteiger partial charge in [-0.1, -0.05) is 48.5 Å². The van der Waals surface area contributed by atoms with E-state index < -0.39 is 5.97 Å². The molecule has 3 nitrogen and oxygen atoms in total. The standard InChI is InChI=1S/C19H14O3/c20-19(21)17-12-11-16(22-15-9-5-2-6-10-15)13-18(17)14-7-3-1-4-8-14/h1-13H,(H,20,21). The summed E-state index contributed by atoms with van der Waals surface area (Å²) in [5, 5.41) is 9.37. The summed E-state index contributed by atoms with van der Waals surface area (Å²) in [6.45, 7) is 0. The molecule has 108 valence electrons. The van der Waals surface area contributed by atoms with Crippen molar-refractivity contribution < 1.29 is 14.6 Å². The molecular weight excluding hydrogens is 276 g/mol. The quantitative estimate of drug-likeness (QED) is 0.747. The highest BCUT2D eigenvalue weighted by molar-refractivity contribution is 5.96. The molecular formula is C19H14O3. The van der Waals surface area contributed by atoms with E-state index in [2.05, 4.69) is 0 Å². The maximum absolute atomic E-state index is 11.4. The minimum Gasteiger partial charge on any atom is -0.478 e. The zero-order chi connectivity index (χ0) is 15.4. The van der Waals surface area contributed by atoms with Crippen LogP contribution in [0.1, 0.15) is 10.4 Å². The molecule has 0 aliphatic heterocycles. The lowest BCUT2D eigenvalue weighted by Gasteiger charge is -2.10. The van der Waals surface area contributed by atoms with E-state index in [1.807, 2.05) is 60.7 Å². The van der Waals surface area contributed by atoms with Gasteiger partial charge in [0, 0.05) is 0 Å². The molecule has 3 heteroatoms. The molecule has 0 amide bonds. The largest absolute Gasteiger partial charge is 0.478 e. The molecule has 0 heterocycles. The fourth-order valence-corrected chi connectivity index (χ4v) is 2.25. The second-order valence-electron chi connectivity index (χ2n) is 4.79. The number of carbonyl (C=O) groups is 1. The Hall–Kier alpha value is -3.07. The van der Waals surface area contributed by atoms with Crippen LogP contribution >= 0.6 is 0 Å². The maximum atomic E-state index is 11.4. The van der Waals surface area contributed by atoms with Crippen LogP contribution in [0, 0.1) is 0 Å². The van der Waals surface area contributed by atoms with Gasteiger partial charge in [-0.25, -0.2) is 4.79 Å². The number of carboxylic acid groups (broad SMARTS) is 1. The molecule has 22 heavy (non-hydrogen) atoms. The number of rotatable bonds is 4. The van der Waals surface area contributed by atoms with Crippen LogP contribution < -0.4 is 4.74 Å². The van der Waals surface area contributed by atoms with Gasteiger partial charge in [0.25, 0.3) is 0 Å². The third-order valence-electron chi connectivity index (χ3n) is 3.29. The summed E-state index contributed by atoms with van der Waals surface area (Å²) >= 11 is 0. The summed E-state index contributed by atoms with van der Waals surface area (Å²) in [7, 11) is 0. The molecule has 0 unspecified atom stereocenters. The van der Waals surface area contributed by atoms with Gasteiger partial charge in [0.15, 0.2) is 0 Å². The molecule has 3 rings (SSSR count). The first-order chi connectivity index (χ1) is 10.7. The SMILES string of the molecule is O=C(O)c1ccc(Oc2ccccc2)cc1-c1ccccc1. The van der Waals surface area contributed by atoms with Crippen molar-refractivity contribution in [1.82, 2.24) is 0 Å². The Morgan fingerprint density at radius 3 is 2.05 bits per heavy atom. The van der Waals surface area contributed by atoms with Crippen molar-refractivity contribution in [2.75, 3.05) is 0 Å². The van der Waals surface area contributed by atoms with E-state index in [0.29, 0.717) is 17.1 Å². The molecule has 0 radical (unpaired) electrons. The molecule has 3 aromatic carbocycles. The minimum atomic E-state index is -0.954. The van der Waals surface area contributed by atoms with E-state index in [0.717, 1.165) is 5.56 Å². The molecule has 0 atom stereocenters. The average molecular weight is 290 g/mol. The van der Waals surface area contributed by atoms with Crippen molar-refractivity contribution in [1.29, 1.82) is 0 Å². The number of para-hydroxylation sites is 1. The second-order valence-corrected chi connectivity index (χ2v) is 4.79. The zero-order valence-electron chi connectivity index (χ0n) is 11.8. The van der Waals surface area contributed by atoms with E-state index in [1.165, 1.54) is 0 Å². The van der Waals surface area contributed by atoms with Gasteiger partial charge in [-0.2, -0.15) is 0 Å². The van der Waals surface area contributed by atoms with Crippen LogP contribution in [0.4, 0.5) is 0 Å². The van der Waals surface area contributed by atoms with Crippen LogP contribution in [0.15, 0.2) is 78.9 Å². The van der Waals surface area contributed by atoms with E-state index >= 15 is 0 Å². The average Bonchev–Trinajstić information content (AvgIpc) is 2.56. The van der Waals surface area contributed by atoms with Crippen molar-refractivity contribution in [3.05, 3.63) is 84.4 Å². The van der Waals surface area contributed by atoms with Crippen LogP contribution in [0.2, 0.25) is 0 Å². The zero-order valence-corrected chi connectivity index (χ0v) is 11.8. The highest BCUT2D eigenvalue weighted by Crippen LogP contribution is 2.30. The molecule has 0 spiro atoms. The molecule has 0 aromatic heterocycles. The minimum absolute atomic E-state index is 0.256. The fraction of sp³-hybridized carbons (Fsp3) is 0. The first-order valence-corrected chi connectivity index (χ1v) is 6.90. The predicted molar refractivity (Wildman–Crippen MR) is 85.4 cm³/mol. The Labute approximate surface area is 128 Å². The third-order valence-corrected chi connectivity index (χ3v) is 3.29. The monoisotopic (exact) mass is 290 g/mol. The lowest BCUT2D eigenvalue weighted by molar-refractivity contribution is 0.0697. The molecule has 0 aliphatic rings. The molecule has 0 saturated carbocycles. The van der Waals surface area contributed by atoms with Gasteiger partial charge in [0.2, 0.25) is 0 Å². The van der Waals surface area contributed by atoms with Crippen molar-refractivity contribution in [2.45, 2.75) is 0 Å². The highest BCUT2D eigenvalue weighted by Gasteiger charge is 2.13. The summed E-state index contributed by atoms with van der Waals surface area (Å²) in [6, 6.07) is 23.8. The van der Waals surface area contributed by atoms with Gasteiger partial charge in [0.1, 0.15) is 11.5 Å². The number of hydrogen-bond donors (Lipinski definition) is 1. The summed E-state index contributed by atoms with van der Waals surface area (Å²) in [6.07, 6.45) is 0. The number of benzene rings is 3. The van der Waals surface area contributed by atoms with Crippen LogP contribution in [0.5, 0.6) is 11.5 Å². The van der Waals surface area contributed by atoms with E-state index in [4.69, 9.17) is 4.74 Å². The summed E-state index contributed by atoms with van der Waals surface area (Å²) in [4.78, 5) is 11.4. The maximum Gasteiger partial charge on any atom is 0.336 e. The van der Waals surface area contributed by atoms with Gasteiger partial charge in [-0.3, -0.25) is 0 Å². The van der Waals surface area contributed by atoms with Crippen LogP contribution in [0.3, 0.4) is 0 Å². The number of ether oxygens (including phenoxy) is 1. The Morgan fingerprint density at radius 1 is 0.773 bits per heavy atom. The lowest BCUT2D eigenvalue weighted by Crippen LogP contribution is -2.00. The topological polar surface area (TPSA) is 46.5 Å². The first-order valence-electron chi connectivity index (χ1n) is 6.90. The van der Waals surface area contributed by atoms with Crippen LogP contribution in [-0.2, 0) is 0 Å². The third kappa shape index (κ3) is 2.99. The smallest absolute Gasteiger partial charge is 0.336 e. The first kappa shape index (κ1) is 13.9. The van der Waals surface area contributed by atoms with E-state index in [-0.39, 0.29) is 5.56 Å². The lowest BCUT2D eigenvalue weighted by atomic mass is 9.99. The number of carboxylic acids is 1. The fourth-order valence-electron chi connectivity index (χ4n) is 2.25. The normalized spacial score (nSPS) is 10.2. The summed E-state index contributed by atoms with van der Waals surface area (Å²) in [5.41, 5.74) is 1.74. The summed E-state index contributed by atoms with van der Waals surface area (Å²) < 4.78 is 5.78. The summed E-state index contributed by atoms with van der Waals surface area (Å²) in [5.74, 6) is 0.366. The van der Waals surface area contributed by atoms with Gasteiger partial charge >= 0.3 is 5.97 Å². The van der Waals surface area contributed by atoms with Crippen LogP contribution in [0.25, 0.3) is 11.1 Å². The second kappa shape index (κ2) is 6.14. The Kier molecular flexibility index (Phi) is 3.88. The predicted octanol–water partition coefficient (Wildman–Crippen LogP) is 4.84. The Bertz CT molecular complexity index is 780. The van der Waals surface area contributed by atoms with Crippen molar-refractivity contribution in [2.24, 2.45) is 0 Å². The van der Waals surface area contributed by atoms with E-state index in [1.54, 1.807) is 18.2 Å². The van der Waals surface area contributed by atoms with Crippen molar-refractivity contribution in [3.63, 3.8) is 0 Å². The van der Waals surface area contributed by atoms with Gasteiger partial charge < -0.3 is 9.84 Å². The van der Waals surface area contributed by atoms with Gasteiger partial charge in [0.05, 0.1) is 5.56 Å². The molecule has 0 aliphatic carbocycles. The van der Waals surface area contributed by atoms with E-state index in [9.17, 15) is 9.90 Å². The Morgan fingerprint density at radius 2 is 1.41 bits per heavy atom. The van der Waals surface area contributed by atoms with Crippen LogP contribution in [-0.4, -0.2) is 11.1 Å². The highest BCUT2D eigenvalue weighted by atomic mass is 16.5. The molecule has 1 N–H and O–H groups in total.